The standard InChI is InChI=1S/C7H7IO.C5H10N2O2.H2S/c1-9-7-5-3-2-4-6(7)8;1-7-3-4(2-6)9-5(7)8;/h2-5H,1H3;4H,2-3,6H2,1H3;1H2/t;4-;/m.0./s1. The lowest BCUT2D eigenvalue weighted by Gasteiger charge is -2.01. The number of benzene rings is 1. The zero-order valence-electron chi connectivity index (χ0n) is 10.9. The number of cyclic esters (lactones) is 1. The number of nitrogens with two attached hydrogens (primary N) is 1. The van der Waals surface area contributed by atoms with E-state index >= 15 is 0 Å². The van der Waals surface area contributed by atoms with Crippen molar-refractivity contribution in [3.05, 3.63) is 27.8 Å². The van der Waals surface area contributed by atoms with Gasteiger partial charge in [-0.05, 0) is 34.7 Å². The van der Waals surface area contributed by atoms with Gasteiger partial charge in [0.2, 0.25) is 0 Å². The topological polar surface area (TPSA) is 64.8 Å². The number of ether oxygens (including phenoxy) is 2. The first kappa shape index (κ1) is 18.3. The Hall–Kier alpha value is -0.670. The molecule has 19 heavy (non-hydrogen) atoms. The number of methoxy groups -OCH3 is 1. The minimum atomic E-state index is -0.273. The maximum Gasteiger partial charge on any atom is 0.410 e. The summed E-state index contributed by atoms with van der Waals surface area (Å²) in [6.07, 6.45) is -0.368. The number of para-hydroxylation sites is 1. The Balaban J connectivity index is 0.000000324. The van der Waals surface area contributed by atoms with E-state index in [-0.39, 0.29) is 25.7 Å². The van der Waals surface area contributed by atoms with E-state index in [0.717, 1.165) is 9.32 Å². The second-order valence-electron chi connectivity index (χ2n) is 3.76. The average Bonchev–Trinajstić information content (AvgIpc) is 2.70. The van der Waals surface area contributed by atoms with Crippen molar-refractivity contribution in [1.29, 1.82) is 0 Å². The molecule has 0 aliphatic carbocycles. The van der Waals surface area contributed by atoms with Crippen LogP contribution in [0.1, 0.15) is 0 Å². The number of likely N-dealkylation sites (N-methyl/N-ethyl adjacent to an activating group) is 1. The van der Waals surface area contributed by atoms with Crippen molar-refractivity contribution >= 4 is 42.2 Å². The quantitative estimate of drug-likeness (QED) is 0.772. The van der Waals surface area contributed by atoms with Crippen molar-refractivity contribution in [2.45, 2.75) is 6.10 Å². The predicted molar refractivity (Wildman–Crippen MR) is 88.0 cm³/mol. The average molecular weight is 398 g/mol. The molecule has 1 aromatic carbocycles. The number of hydrogen-bond donors (Lipinski definition) is 1. The van der Waals surface area contributed by atoms with Crippen LogP contribution >= 0.6 is 36.1 Å². The summed E-state index contributed by atoms with van der Waals surface area (Å²) >= 11 is 2.24. The number of carbonyl (C=O) groups is 1. The maximum absolute atomic E-state index is 10.6. The first-order valence-corrected chi connectivity index (χ1v) is 6.56. The van der Waals surface area contributed by atoms with Gasteiger partial charge in [0, 0.05) is 13.6 Å². The van der Waals surface area contributed by atoms with Gasteiger partial charge in [-0.3, -0.25) is 0 Å². The van der Waals surface area contributed by atoms with Crippen LogP contribution in [0.2, 0.25) is 0 Å². The summed E-state index contributed by atoms with van der Waals surface area (Å²) in [5, 5.41) is 0. The normalized spacial score (nSPS) is 16.9. The van der Waals surface area contributed by atoms with Crippen LogP contribution in [0.5, 0.6) is 5.75 Å². The Morgan fingerprint density at radius 1 is 1.53 bits per heavy atom. The van der Waals surface area contributed by atoms with Crippen LogP contribution in [0.25, 0.3) is 0 Å². The molecule has 1 aliphatic rings. The second kappa shape index (κ2) is 9.27. The predicted octanol–water partition coefficient (Wildman–Crippen LogP) is 1.81. The van der Waals surface area contributed by atoms with E-state index in [9.17, 15) is 4.79 Å². The first-order valence-electron chi connectivity index (χ1n) is 5.48. The lowest BCUT2D eigenvalue weighted by Crippen LogP contribution is -2.24. The van der Waals surface area contributed by atoms with Crippen molar-refractivity contribution in [1.82, 2.24) is 4.90 Å². The molecule has 1 heterocycles. The number of nitrogens with zero attached hydrogens (tertiary/aromatic N) is 1. The SMILES string of the molecule is CN1C[C@H](CN)OC1=O.COc1ccccc1I.S. The molecule has 1 fully saturated rings. The van der Waals surface area contributed by atoms with Crippen molar-refractivity contribution in [3.8, 4) is 5.75 Å². The molecule has 0 unspecified atom stereocenters. The molecule has 1 amide bonds. The number of hydrogen-bond acceptors (Lipinski definition) is 4. The van der Waals surface area contributed by atoms with Gasteiger partial charge in [0.15, 0.2) is 0 Å². The fourth-order valence-electron chi connectivity index (χ4n) is 1.38. The van der Waals surface area contributed by atoms with Crippen LogP contribution < -0.4 is 10.5 Å². The molecule has 1 aliphatic heterocycles. The van der Waals surface area contributed by atoms with Gasteiger partial charge in [-0.15, -0.1) is 0 Å². The lowest BCUT2D eigenvalue weighted by molar-refractivity contribution is 0.137. The third-order valence-corrected chi connectivity index (χ3v) is 3.27. The maximum atomic E-state index is 10.6. The van der Waals surface area contributed by atoms with Crippen LogP contribution in [0.15, 0.2) is 24.3 Å². The van der Waals surface area contributed by atoms with E-state index in [1.165, 1.54) is 4.90 Å². The zero-order chi connectivity index (χ0) is 13.5. The molecule has 0 aromatic heterocycles. The van der Waals surface area contributed by atoms with Gasteiger partial charge >= 0.3 is 6.09 Å². The minimum Gasteiger partial charge on any atom is -0.496 e. The molecule has 0 spiro atoms. The Morgan fingerprint density at radius 3 is 2.47 bits per heavy atom. The first-order chi connectivity index (χ1) is 8.58. The molecule has 7 heteroatoms. The fourth-order valence-corrected chi connectivity index (χ4v) is 1.99. The molecular weight excluding hydrogens is 379 g/mol. The highest BCUT2D eigenvalue weighted by molar-refractivity contribution is 14.1. The molecule has 2 rings (SSSR count). The van der Waals surface area contributed by atoms with Gasteiger partial charge in [-0.25, -0.2) is 4.79 Å². The van der Waals surface area contributed by atoms with Crippen molar-refractivity contribution in [2.75, 3.05) is 27.2 Å². The van der Waals surface area contributed by atoms with E-state index in [1.807, 2.05) is 24.3 Å². The van der Waals surface area contributed by atoms with E-state index < -0.39 is 0 Å². The van der Waals surface area contributed by atoms with Crippen LogP contribution in [0.4, 0.5) is 4.79 Å². The number of halogens is 1. The van der Waals surface area contributed by atoms with Crippen molar-refractivity contribution in [2.24, 2.45) is 5.73 Å². The molecule has 1 aromatic rings. The summed E-state index contributed by atoms with van der Waals surface area (Å²) in [6.45, 7) is 1.03. The third-order valence-electron chi connectivity index (χ3n) is 2.38. The number of carbonyl (C=O) groups excluding carboxylic acids is 1. The molecule has 1 saturated heterocycles. The highest BCUT2D eigenvalue weighted by Crippen LogP contribution is 2.18. The lowest BCUT2D eigenvalue weighted by atomic mass is 10.3. The van der Waals surface area contributed by atoms with Crippen LogP contribution in [0.3, 0.4) is 0 Å². The largest absolute Gasteiger partial charge is 0.496 e. The summed E-state index contributed by atoms with van der Waals surface area (Å²) in [5.74, 6) is 0.943. The highest BCUT2D eigenvalue weighted by Gasteiger charge is 2.26. The van der Waals surface area contributed by atoms with Crippen LogP contribution in [-0.2, 0) is 4.74 Å². The molecule has 108 valence electrons. The van der Waals surface area contributed by atoms with E-state index in [4.69, 9.17) is 15.2 Å². The molecule has 5 nitrogen and oxygen atoms in total. The second-order valence-corrected chi connectivity index (χ2v) is 4.92. The monoisotopic (exact) mass is 398 g/mol. The summed E-state index contributed by atoms with van der Waals surface area (Å²) in [5.41, 5.74) is 5.25. The van der Waals surface area contributed by atoms with Gasteiger partial charge < -0.3 is 20.1 Å². The van der Waals surface area contributed by atoms with Gasteiger partial charge in [0.05, 0.1) is 17.2 Å². The molecule has 0 saturated carbocycles. The van der Waals surface area contributed by atoms with Gasteiger partial charge in [0.1, 0.15) is 11.9 Å². The van der Waals surface area contributed by atoms with Crippen LogP contribution in [-0.4, -0.2) is 44.3 Å². The van der Waals surface area contributed by atoms with Crippen LogP contribution in [0, 0.1) is 3.57 Å². The molecule has 0 radical (unpaired) electrons. The zero-order valence-corrected chi connectivity index (χ0v) is 14.1. The molecule has 0 bridgehead atoms. The summed E-state index contributed by atoms with van der Waals surface area (Å²) in [4.78, 5) is 12.1. The minimum absolute atomic E-state index is 0. The van der Waals surface area contributed by atoms with E-state index in [2.05, 4.69) is 22.6 Å². The van der Waals surface area contributed by atoms with Crippen molar-refractivity contribution < 1.29 is 14.3 Å². The molecular formula is C12H19IN2O3S. The van der Waals surface area contributed by atoms with Gasteiger partial charge in [-0.1, -0.05) is 12.1 Å². The number of amides is 1. The summed E-state index contributed by atoms with van der Waals surface area (Å²) in [6, 6.07) is 7.91. The Morgan fingerprint density at radius 2 is 2.16 bits per heavy atom. The molecule has 2 N–H and O–H groups in total. The molecule has 1 atom stereocenters. The smallest absolute Gasteiger partial charge is 0.410 e. The summed E-state index contributed by atoms with van der Waals surface area (Å²) in [7, 11) is 3.37. The number of rotatable bonds is 2. The highest BCUT2D eigenvalue weighted by atomic mass is 127. The van der Waals surface area contributed by atoms with Crippen molar-refractivity contribution in [3.63, 3.8) is 0 Å². The Kier molecular flexibility index (Phi) is 8.94. The Labute approximate surface area is 134 Å². The van der Waals surface area contributed by atoms with E-state index in [1.54, 1.807) is 14.2 Å². The fraction of sp³-hybridized carbons (Fsp3) is 0.417. The Bertz CT molecular complexity index is 406. The van der Waals surface area contributed by atoms with Gasteiger partial charge in [-0.2, -0.15) is 13.5 Å². The van der Waals surface area contributed by atoms with Gasteiger partial charge in [0.25, 0.3) is 0 Å². The summed E-state index contributed by atoms with van der Waals surface area (Å²) < 4.78 is 11.0. The third kappa shape index (κ3) is 5.87. The van der Waals surface area contributed by atoms with E-state index in [0.29, 0.717) is 13.1 Å².